The third-order valence-corrected chi connectivity index (χ3v) is 3.68. The van der Waals surface area contributed by atoms with Crippen LogP contribution in [0.4, 0.5) is 0 Å². The van der Waals surface area contributed by atoms with Crippen molar-refractivity contribution in [1.29, 1.82) is 0 Å². The zero-order valence-corrected chi connectivity index (χ0v) is 11.6. The summed E-state index contributed by atoms with van der Waals surface area (Å²) in [6, 6.07) is 0.256. The molecule has 0 amide bonds. The molecule has 5 heteroatoms. The molecule has 1 aromatic heterocycles. The summed E-state index contributed by atoms with van der Waals surface area (Å²) in [5.74, 6) is 0.853. The van der Waals surface area contributed by atoms with Crippen molar-refractivity contribution in [2.24, 2.45) is 0 Å². The normalized spacial score (nSPS) is 20.2. The molecule has 1 aromatic rings. The standard InChI is InChI=1S/C13H24N4O/c1-11(14-2)12-10-18-13(15-12)4-5-17-8-6-16(3)7-9-17/h10-11,14H,4-9H2,1-3H3. The van der Waals surface area contributed by atoms with Gasteiger partial charge in [-0.25, -0.2) is 4.98 Å². The summed E-state index contributed by atoms with van der Waals surface area (Å²) in [7, 11) is 4.11. The van der Waals surface area contributed by atoms with Crippen LogP contribution in [0, 0.1) is 0 Å². The van der Waals surface area contributed by atoms with E-state index in [9.17, 15) is 0 Å². The van der Waals surface area contributed by atoms with Crippen molar-refractivity contribution in [2.45, 2.75) is 19.4 Å². The topological polar surface area (TPSA) is 44.5 Å². The van der Waals surface area contributed by atoms with Crippen LogP contribution in [0.15, 0.2) is 10.7 Å². The number of aromatic nitrogens is 1. The zero-order valence-electron chi connectivity index (χ0n) is 11.6. The van der Waals surface area contributed by atoms with Gasteiger partial charge in [0.15, 0.2) is 5.89 Å². The molecule has 0 aromatic carbocycles. The van der Waals surface area contributed by atoms with Crippen LogP contribution in [-0.4, -0.2) is 61.6 Å². The molecule has 18 heavy (non-hydrogen) atoms. The quantitative estimate of drug-likeness (QED) is 0.837. The third-order valence-electron chi connectivity index (χ3n) is 3.68. The summed E-state index contributed by atoms with van der Waals surface area (Å²) in [5.41, 5.74) is 0.992. The lowest BCUT2D eigenvalue weighted by molar-refractivity contribution is 0.153. The number of hydrogen-bond acceptors (Lipinski definition) is 5. The lowest BCUT2D eigenvalue weighted by Gasteiger charge is -2.31. The highest BCUT2D eigenvalue weighted by Crippen LogP contribution is 2.12. The SMILES string of the molecule is CNC(C)c1coc(CCN2CCN(C)CC2)n1. The molecule has 102 valence electrons. The van der Waals surface area contributed by atoms with E-state index in [1.54, 1.807) is 6.26 Å². The Kier molecular flexibility index (Phi) is 4.74. The van der Waals surface area contributed by atoms with Crippen molar-refractivity contribution >= 4 is 0 Å². The van der Waals surface area contributed by atoms with Gasteiger partial charge in [-0.15, -0.1) is 0 Å². The van der Waals surface area contributed by atoms with Crippen molar-refractivity contribution in [3.8, 4) is 0 Å². The Morgan fingerprint density at radius 3 is 2.78 bits per heavy atom. The van der Waals surface area contributed by atoms with Crippen molar-refractivity contribution in [3.05, 3.63) is 17.8 Å². The van der Waals surface area contributed by atoms with Gasteiger partial charge in [-0.05, 0) is 21.0 Å². The van der Waals surface area contributed by atoms with E-state index in [0.29, 0.717) is 0 Å². The molecule has 0 radical (unpaired) electrons. The van der Waals surface area contributed by atoms with Crippen LogP contribution in [0.1, 0.15) is 24.6 Å². The van der Waals surface area contributed by atoms with E-state index in [2.05, 4.69) is 34.1 Å². The average Bonchev–Trinajstić information content (AvgIpc) is 2.86. The molecule has 0 aliphatic carbocycles. The molecule has 1 atom stereocenters. The largest absolute Gasteiger partial charge is 0.449 e. The number of oxazole rings is 1. The van der Waals surface area contributed by atoms with Crippen LogP contribution >= 0.6 is 0 Å². The molecule has 0 saturated carbocycles. The molecule has 2 heterocycles. The zero-order chi connectivity index (χ0) is 13.0. The highest BCUT2D eigenvalue weighted by Gasteiger charge is 2.15. The van der Waals surface area contributed by atoms with Gasteiger partial charge in [0.1, 0.15) is 6.26 Å². The van der Waals surface area contributed by atoms with Crippen LogP contribution in [0.3, 0.4) is 0 Å². The molecule has 0 bridgehead atoms. The predicted molar refractivity (Wildman–Crippen MR) is 71.6 cm³/mol. The van der Waals surface area contributed by atoms with Gasteiger partial charge < -0.3 is 19.5 Å². The summed E-state index contributed by atoms with van der Waals surface area (Å²) in [6.07, 6.45) is 2.67. The van der Waals surface area contributed by atoms with Crippen LogP contribution in [0.5, 0.6) is 0 Å². The first-order valence-corrected chi connectivity index (χ1v) is 6.71. The summed E-state index contributed by atoms with van der Waals surface area (Å²) in [6.45, 7) is 7.75. The Morgan fingerprint density at radius 2 is 2.11 bits per heavy atom. The van der Waals surface area contributed by atoms with Gasteiger partial charge >= 0.3 is 0 Å². The van der Waals surface area contributed by atoms with Gasteiger partial charge in [0.25, 0.3) is 0 Å². The fraction of sp³-hybridized carbons (Fsp3) is 0.769. The van der Waals surface area contributed by atoms with E-state index < -0.39 is 0 Å². The molecule has 1 N–H and O–H groups in total. The first-order chi connectivity index (χ1) is 8.69. The van der Waals surface area contributed by atoms with Crippen molar-refractivity contribution in [1.82, 2.24) is 20.1 Å². The van der Waals surface area contributed by atoms with Crippen molar-refractivity contribution in [2.75, 3.05) is 46.8 Å². The Morgan fingerprint density at radius 1 is 1.39 bits per heavy atom. The monoisotopic (exact) mass is 252 g/mol. The summed E-state index contributed by atoms with van der Waals surface area (Å²) < 4.78 is 5.51. The molecule has 5 nitrogen and oxygen atoms in total. The minimum Gasteiger partial charge on any atom is -0.449 e. The molecule has 1 aliphatic rings. The fourth-order valence-corrected chi connectivity index (χ4v) is 2.11. The van der Waals surface area contributed by atoms with Gasteiger partial charge in [-0.3, -0.25) is 0 Å². The molecule has 0 spiro atoms. The average molecular weight is 252 g/mol. The molecule has 1 saturated heterocycles. The Hall–Kier alpha value is -0.910. The number of nitrogens with one attached hydrogen (secondary N) is 1. The first kappa shape index (κ1) is 13.5. The van der Waals surface area contributed by atoms with Gasteiger partial charge in [0.2, 0.25) is 0 Å². The van der Waals surface area contributed by atoms with Crippen LogP contribution in [0.25, 0.3) is 0 Å². The second kappa shape index (κ2) is 6.31. The second-order valence-electron chi connectivity index (χ2n) is 5.07. The Labute approximate surface area is 109 Å². The summed E-state index contributed by atoms with van der Waals surface area (Å²) >= 11 is 0. The van der Waals surface area contributed by atoms with Gasteiger partial charge in [-0.2, -0.15) is 0 Å². The van der Waals surface area contributed by atoms with Crippen LogP contribution < -0.4 is 5.32 Å². The molecule has 2 rings (SSSR count). The molecular weight excluding hydrogens is 228 g/mol. The second-order valence-corrected chi connectivity index (χ2v) is 5.07. The number of piperazine rings is 1. The maximum Gasteiger partial charge on any atom is 0.195 e. The van der Waals surface area contributed by atoms with Gasteiger partial charge in [0, 0.05) is 45.2 Å². The maximum absolute atomic E-state index is 5.51. The molecular formula is C13H24N4O. The van der Waals surface area contributed by atoms with Gasteiger partial charge in [0.05, 0.1) is 5.69 Å². The highest BCUT2D eigenvalue weighted by atomic mass is 16.3. The Balaban J connectivity index is 1.78. The van der Waals surface area contributed by atoms with Gasteiger partial charge in [-0.1, -0.05) is 0 Å². The van der Waals surface area contributed by atoms with E-state index in [1.165, 1.54) is 0 Å². The minimum absolute atomic E-state index is 0.256. The third kappa shape index (κ3) is 3.54. The van der Waals surface area contributed by atoms with E-state index in [-0.39, 0.29) is 6.04 Å². The maximum atomic E-state index is 5.51. The summed E-state index contributed by atoms with van der Waals surface area (Å²) in [5, 5.41) is 3.17. The highest BCUT2D eigenvalue weighted by molar-refractivity contribution is 5.02. The van der Waals surface area contributed by atoms with Crippen LogP contribution in [0.2, 0.25) is 0 Å². The molecule has 1 fully saturated rings. The fourth-order valence-electron chi connectivity index (χ4n) is 2.11. The Bertz CT molecular complexity index is 358. The number of nitrogens with zero attached hydrogens (tertiary/aromatic N) is 3. The lowest BCUT2D eigenvalue weighted by Crippen LogP contribution is -2.45. The van der Waals surface area contributed by atoms with Crippen molar-refractivity contribution < 1.29 is 4.42 Å². The molecule has 1 unspecified atom stereocenters. The number of rotatable bonds is 5. The minimum atomic E-state index is 0.256. The molecule has 1 aliphatic heterocycles. The lowest BCUT2D eigenvalue weighted by atomic mass is 10.2. The van der Waals surface area contributed by atoms with Crippen LogP contribution in [-0.2, 0) is 6.42 Å². The van der Waals surface area contributed by atoms with Crippen molar-refractivity contribution in [3.63, 3.8) is 0 Å². The predicted octanol–water partition coefficient (Wildman–Crippen LogP) is 0.745. The van der Waals surface area contributed by atoms with E-state index in [4.69, 9.17) is 4.42 Å². The van der Waals surface area contributed by atoms with E-state index >= 15 is 0 Å². The van der Waals surface area contributed by atoms with E-state index in [0.717, 1.165) is 50.7 Å². The van der Waals surface area contributed by atoms with E-state index in [1.807, 2.05) is 7.05 Å². The summed E-state index contributed by atoms with van der Waals surface area (Å²) in [4.78, 5) is 9.36. The first-order valence-electron chi connectivity index (χ1n) is 6.71. The smallest absolute Gasteiger partial charge is 0.195 e. The number of hydrogen-bond donors (Lipinski definition) is 1. The number of likely N-dealkylation sites (N-methyl/N-ethyl adjacent to an activating group) is 1.